The molecule has 2 aromatic rings. The van der Waals surface area contributed by atoms with Gasteiger partial charge in [-0.05, 0) is 37.6 Å². The number of hydrogen-bond donors (Lipinski definition) is 0. The summed E-state index contributed by atoms with van der Waals surface area (Å²) in [5, 5.41) is 8.88. The zero-order valence-electron chi connectivity index (χ0n) is 13.9. The summed E-state index contributed by atoms with van der Waals surface area (Å²) in [6.07, 6.45) is -0.656. The number of halogens is 2. The number of nitriles is 1. The summed E-state index contributed by atoms with van der Waals surface area (Å²) >= 11 is 0. The van der Waals surface area contributed by atoms with Crippen LogP contribution in [0, 0.1) is 25.3 Å². The Morgan fingerprint density at radius 2 is 2.00 bits per heavy atom. The summed E-state index contributed by atoms with van der Waals surface area (Å²) in [4.78, 5) is 7.85. The van der Waals surface area contributed by atoms with Crippen molar-refractivity contribution in [1.82, 2.24) is 4.98 Å². The van der Waals surface area contributed by atoms with Crippen molar-refractivity contribution < 1.29 is 18.3 Å². The Hall–Kier alpha value is -3.01. The second-order valence-corrected chi connectivity index (χ2v) is 5.25. The van der Waals surface area contributed by atoms with Crippen LogP contribution in [0.1, 0.15) is 16.8 Å². The number of benzene rings is 1. The van der Waals surface area contributed by atoms with Gasteiger partial charge in [0.1, 0.15) is 5.75 Å². The third-order valence-electron chi connectivity index (χ3n) is 3.30. The van der Waals surface area contributed by atoms with E-state index in [1.807, 2.05) is 6.07 Å². The molecule has 1 aromatic carbocycles. The van der Waals surface area contributed by atoms with E-state index in [-0.39, 0.29) is 18.2 Å². The van der Waals surface area contributed by atoms with Crippen LogP contribution >= 0.6 is 0 Å². The molecule has 0 unspecified atom stereocenters. The molecular formula is C18H17F2N3O2. The third-order valence-corrected chi connectivity index (χ3v) is 3.30. The van der Waals surface area contributed by atoms with Crippen LogP contribution in [0.5, 0.6) is 11.6 Å². The van der Waals surface area contributed by atoms with Crippen LogP contribution in [-0.2, 0) is 6.42 Å². The number of pyridine rings is 1. The van der Waals surface area contributed by atoms with Crippen LogP contribution in [0.2, 0.25) is 0 Å². The topological polar surface area (TPSA) is 67.5 Å². The van der Waals surface area contributed by atoms with Crippen molar-refractivity contribution in [2.45, 2.75) is 26.7 Å². The number of nitrogens with zero attached hydrogens (tertiary/aromatic N) is 3. The van der Waals surface area contributed by atoms with E-state index in [0.29, 0.717) is 17.0 Å². The second kappa shape index (κ2) is 8.73. The molecule has 2 rings (SSSR count). The van der Waals surface area contributed by atoms with Crippen LogP contribution in [0.3, 0.4) is 0 Å². The maximum Gasteiger partial charge on any atom is 0.272 e. The van der Waals surface area contributed by atoms with Crippen LogP contribution < -0.4 is 9.47 Å². The highest BCUT2D eigenvalue weighted by Gasteiger charge is 2.14. The Bertz CT molecular complexity index is 787. The minimum atomic E-state index is -2.58. The van der Waals surface area contributed by atoms with Crippen molar-refractivity contribution in [2.75, 3.05) is 6.61 Å². The standard InChI is InChI=1S/C18H17F2N3O2/c1-12-8-14(13(2)18(23-12)24-10-16(19)20)9-17(22-11-21)25-15-6-4-3-5-7-15/h3-8,16H,9-10H2,1-2H3. The van der Waals surface area contributed by atoms with Gasteiger partial charge in [0.15, 0.2) is 6.61 Å². The molecule has 0 fully saturated rings. The zero-order valence-corrected chi connectivity index (χ0v) is 13.9. The molecule has 0 aliphatic rings. The molecule has 130 valence electrons. The lowest BCUT2D eigenvalue weighted by Gasteiger charge is -2.14. The highest BCUT2D eigenvalue weighted by atomic mass is 19.3. The van der Waals surface area contributed by atoms with Crippen molar-refractivity contribution in [1.29, 1.82) is 5.26 Å². The predicted octanol–water partition coefficient (Wildman–Crippen LogP) is 3.84. The molecule has 0 atom stereocenters. The molecule has 0 aliphatic carbocycles. The molecule has 1 heterocycles. The van der Waals surface area contributed by atoms with Gasteiger partial charge in [0.25, 0.3) is 6.43 Å². The lowest BCUT2D eigenvalue weighted by molar-refractivity contribution is 0.0791. The number of para-hydroxylation sites is 1. The highest BCUT2D eigenvalue weighted by Crippen LogP contribution is 2.22. The third kappa shape index (κ3) is 5.53. The summed E-state index contributed by atoms with van der Waals surface area (Å²) in [5.74, 6) is 0.891. The van der Waals surface area contributed by atoms with E-state index in [1.165, 1.54) is 0 Å². The summed E-state index contributed by atoms with van der Waals surface area (Å²) in [5.41, 5.74) is 1.95. The Balaban J connectivity index is 2.24. The molecule has 5 nitrogen and oxygen atoms in total. The van der Waals surface area contributed by atoms with E-state index in [2.05, 4.69) is 9.98 Å². The molecule has 0 saturated carbocycles. The first kappa shape index (κ1) is 18.3. The number of aryl methyl sites for hydroxylation is 1. The van der Waals surface area contributed by atoms with Gasteiger partial charge in [-0.1, -0.05) is 18.2 Å². The number of alkyl halides is 2. The van der Waals surface area contributed by atoms with Gasteiger partial charge in [0, 0.05) is 11.3 Å². The molecule has 0 bridgehead atoms. The van der Waals surface area contributed by atoms with Gasteiger partial charge < -0.3 is 9.47 Å². The zero-order chi connectivity index (χ0) is 18.2. The van der Waals surface area contributed by atoms with Crippen molar-refractivity contribution in [3.8, 4) is 17.8 Å². The molecule has 1 aromatic heterocycles. The van der Waals surface area contributed by atoms with Crippen molar-refractivity contribution in [2.24, 2.45) is 4.99 Å². The number of aromatic nitrogens is 1. The number of ether oxygens (including phenoxy) is 2. The molecule has 0 aliphatic heterocycles. The first-order valence-electron chi connectivity index (χ1n) is 7.56. The van der Waals surface area contributed by atoms with Gasteiger partial charge in [0.2, 0.25) is 18.0 Å². The average molecular weight is 345 g/mol. The average Bonchev–Trinajstić information content (AvgIpc) is 2.57. The minimum absolute atomic E-state index is 0.145. The predicted molar refractivity (Wildman–Crippen MR) is 89.0 cm³/mol. The molecular weight excluding hydrogens is 328 g/mol. The largest absolute Gasteiger partial charge is 0.471 e. The summed E-state index contributed by atoms with van der Waals surface area (Å²) < 4.78 is 35.5. The van der Waals surface area contributed by atoms with E-state index in [4.69, 9.17) is 14.7 Å². The number of hydrogen-bond acceptors (Lipinski definition) is 5. The van der Waals surface area contributed by atoms with Gasteiger partial charge in [-0.15, -0.1) is 4.99 Å². The van der Waals surface area contributed by atoms with Crippen LogP contribution in [0.15, 0.2) is 41.4 Å². The first-order chi connectivity index (χ1) is 12.0. The number of rotatable bonds is 6. The lowest BCUT2D eigenvalue weighted by Crippen LogP contribution is -2.15. The number of aliphatic imine (C=N–C) groups is 1. The second-order valence-electron chi connectivity index (χ2n) is 5.25. The SMILES string of the molecule is Cc1cc(CC(=NC#N)Oc2ccccc2)c(C)c(OCC(F)F)n1. The maximum absolute atomic E-state index is 12.4. The fourth-order valence-corrected chi connectivity index (χ4v) is 2.18. The quantitative estimate of drug-likeness (QED) is 0.453. The fraction of sp³-hybridized carbons (Fsp3) is 0.278. The summed E-state index contributed by atoms with van der Waals surface area (Å²) in [6, 6.07) is 10.7. The highest BCUT2D eigenvalue weighted by molar-refractivity contribution is 5.82. The Morgan fingerprint density at radius 3 is 2.64 bits per heavy atom. The van der Waals surface area contributed by atoms with Gasteiger partial charge >= 0.3 is 0 Å². The van der Waals surface area contributed by atoms with Gasteiger partial charge in [-0.2, -0.15) is 5.26 Å². The summed E-state index contributed by atoms with van der Waals surface area (Å²) in [7, 11) is 0. The molecule has 25 heavy (non-hydrogen) atoms. The van der Waals surface area contributed by atoms with Crippen LogP contribution in [-0.4, -0.2) is 23.9 Å². The Morgan fingerprint density at radius 1 is 1.28 bits per heavy atom. The van der Waals surface area contributed by atoms with E-state index in [0.717, 1.165) is 5.56 Å². The van der Waals surface area contributed by atoms with Crippen LogP contribution in [0.4, 0.5) is 8.78 Å². The molecule has 7 heteroatoms. The molecule has 0 radical (unpaired) electrons. The van der Waals surface area contributed by atoms with Crippen molar-refractivity contribution in [3.63, 3.8) is 0 Å². The lowest BCUT2D eigenvalue weighted by atomic mass is 10.1. The van der Waals surface area contributed by atoms with E-state index >= 15 is 0 Å². The minimum Gasteiger partial charge on any atom is -0.471 e. The molecule has 0 amide bonds. The van der Waals surface area contributed by atoms with E-state index in [9.17, 15) is 8.78 Å². The van der Waals surface area contributed by atoms with Crippen molar-refractivity contribution >= 4 is 5.90 Å². The maximum atomic E-state index is 12.4. The Kier molecular flexibility index (Phi) is 6.40. The van der Waals surface area contributed by atoms with Crippen LogP contribution in [0.25, 0.3) is 0 Å². The fourth-order valence-electron chi connectivity index (χ4n) is 2.18. The molecule has 0 saturated heterocycles. The molecule has 0 N–H and O–H groups in total. The Labute approximate surface area is 144 Å². The first-order valence-corrected chi connectivity index (χ1v) is 7.56. The molecule has 0 spiro atoms. The normalized spacial score (nSPS) is 11.3. The van der Waals surface area contributed by atoms with E-state index in [1.54, 1.807) is 50.4 Å². The smallest absolute Gasteiger partial charge is 0.272 e. The monoisotopic (exact) mass is 345 g/mol. The van der Waals surface area contributed by atoms with Gasteiger partial charge in [-0.3, -0.25) is 0 Å². The van der Waals surface area contributed by atoms with E-state index < -0.39 is 13.0 Å². The van der Waals surface area contributed by atoms with Gasteiger partial charge in [0.05, 0.1) is 6.42 Å². The van der Waals surface area contributed by atoms with Crippen molar-refractivity contribution in [3.05, 3.63) is 53.2 Å². The summed E-state index contributed by atoms with van der Waals surface area (Å²) in [6.45, 7) is 2.73. The van der Waals surface area contributed by atoms with Gasteiger partial charge in [-0.25, -0.2) is 13.8 Å².